The molecule has 0 aliphatic heterocycles. The molecule has 4 nitrogen and oxygen atoms in total. The van der Waals surface area contributed by atoms with Crippen LogP contribution in [0.15, 0.2) is 125 Å². The lowest BCUT2D eigenvalue weighted by atomic mass is 10.0. The van der Waals surface area contributed by atoms with Crippen molar-refractivity contribution in [1.29, 1.82) is 0 Å². The molecule has 0 aromatic heterocycles. The third kappa shape index (κ3) is 5.64. The Hall–Kier alpha value is -4.31. The number of ether oxygens (including phenoxy) is 1. The molecule has 32 heavy (non-hydrogen) atoms. The molecule has 156 valence electrons. The van der Waals surface area contributed by atoms with E-state index in [2.05, 4.69) is 10.2 Å². The van der Waals surface area contributed by atoms with Gasteiger partial charge in [0.05, 0.1) is 6.21 Å². The number of nitrogens with zero attached hydrogens (tertiary/aromatic N) is 2. The van der Waals surface area contributed by atoms with Crippen molar-refractivity contribution in [2.75, 3.05) is 0 Å². The van der Waals surface area contributed by atoms with Gasteiger partial charge in [0, 0.05) is 11.1 Å². The third-order valence-electron chi connectivity index (χ3n) is 4.77. The SMILES string of the molecule is O=C(/C(=N\N=C/c1cccc(OCc2ccccc2)c1)c1ccccc1)c1ccccc1. The first-order valence-electron chi connectivity index (χ1n) is 10.3. The van der Waals surface area contributed by atoms with Gasteiger partial charge in [0.2, 0.25) is 5.78 Å². The highest BCUT2D eigenvalue weighted by atomic mass is 16.5. The standard InChI is InChI=1S/C28H22N2O2/c31-28(25-16-8-3-9-17-25)27(24-14-6-2-7-15-24)30-29-20-23-13-10-18-26(19-23)32-21-22-11-4-1-5-12-22/h1-20H,21H2/b29-20-,30-27-. The Labute approximate surface area is 187 Å². The van der Waals surface area contributed by atoms with E-state index in [1.54, 1.807) is 18.3 Å². The lowest BCUT2D eigenvalue weighted by molar-refractivity contribution is 0.106. The summed E-state index contributed by atoms with van der Waals surface area (Å²) in [6.45, 7) is 0.489. The quantitative estimate of drug-likeness (QED) is 0.201. The average Bonchev–Trinajstić information content (AvgIpc) is 2.87. The Morgan fingerprint density at radius 1 is 0.719 bits per heavy atom. The van der Waals surface area contributed by atoms with Crippen molar-refractivity contribution in [3.63, 3.8) is 0 Å². The van der Waals surface area contributed by atoms with Crippen molar-refractivity contribution in [1.82, 2.24) is 0 Å². The van der Waals surface area contributed by atoms with E-state index >= 15 is 0 Å². The highest BCUT2D eigenvalue weighted by Crippen LogP contribution is 2.15. The Morgan fingerprint density at radius 3 is 2.03 bits per heavy atom. The first-order chi connectivity index (χ1) is 15.8. The van der Waals surface area contributed by atoms with Gasteiger partial charge in [-0.15, -0.1) is 5.10 Å². The Bertz CT molecular complexity index is 1220. The fourth-order valence-electron chi connectivity index (χ4n) is 3.14. The van der Waals surface area contributed by atoms with Gasteiger partial charge in [0.25, 0.3) is 0 Å². The van der Waals surface area contributed by atoms with Crippen LogP contribution < -0.4 is 4.74 Å². The van der Waals surface area contributed by atoms with E-state index in [0.717, 1.165) is 22.4 Å². The van der Waals surface area contributed by atoms with E-state index < -0.39 is 0 Å². The fourth-order valence-corrected chi connectivity index (χ4v) is 3.14. The van der Waals surface area contributed by atoms with Gasteiger partial charge in [0.15, 0.2) is 0 Å². The van der Waals surface area contributed by atoms with Crippen LogP contribution in [0.1, 0.15) is 27.0 Å². The molecule has 0 heterocycles. The van der Waals surface area contributed by atoms with E-state index in [1.165, 1.54) is 0 Å². The van der Waals surface area contributed by atoms with Crippen LogP contribution in [0.25, 0.3) is 0 Å². The molecule has 4 aromatic rings. The molecule has 0 saturated carbocycles. The molecule has 0 N–H and O–H groups in total. The largest absolute Gasteiger partial charge is 0.489 e. The summed E-state index contributed by atoms with van der Waals surface area (Å²) in [5.74, 6) is 0.569. The highest BCUT2D eigenvalue weighted by molar-refractivity contribution is 6.51. The van der Waals surface area contributed by atoms with Crippen molar-refractivity contribution < 1.29 is 9.53 Å². The molecule has 0 radical (unpaired) electrons. The van der Waals surface area contributed by atoms with Crippen molar-refractivity contribution in [3.05, 3.63) is 138 Å². The second kappa shape index (κ2) is 10.6. The summed E-state index contributed by atoms with van der Waals surface area (Å²) in [7, 11) is 0. The zero-order valence-corrected chi connectivity index (χ0v) is 17.5. The fraction of sp³-hybridized carbons (Fsp3) is 0.0357. The molecule has 4 rings (SSSR count). The minimum absolute atomic E-state index is 0.172. The minimum atomic E-state index is -0.172. The molecule has 0 spiro atoms. The monoisotopic (exact) mass is 418 g/mol. The molecule has 0 bridgehead atoms. The van der Waals surface area contributed by atoms with Gasteiger partial charge in [-0.3, -0.25) is 4.79 Å². The van der Waals surface area contributed by atoms with E-state index in [4.69, 9.17) is 4.74 Å². The summed E-state index contributed by atoms with van der Waals surface area (Å²) >= 11 is 0. The van der Waals surface area contributed by atoms with Gasteiger partial charge in [0.1, 0.15) is 18.1 Å². The first kappa shape index (κ1) is 20.9. The van der Waals surface area contributed by atoms with Gasteiger partial charge < -0.3 is 4.74 Å². The van der Waals surface area contributed by atoms with E-state index in [0.29, 0.717) is 17.9 Å². The summed E-state index contributed by atoms with van der Waals surface area (Å²) < 4.78 is 5.87. The van der Waals surface area contributed by atoms with E-state index in [-0.39, 0.29) is 5.78 Å². The average molecular weight is 418 g/mol. The van der Waals surface area contributed by atoms with Crippen molar-refractivity contribution in [2.24, 2.45) is 10.2 Å². The number of hydrogen-bond acceptors (Lipinski definition) is 4. The van der Waals surface area contributed by atoms with Gasteiger partial charge in [-0.2, -0.15) is 5.10 Å². The lowest BCUT2D eigenvalue weighted by Gasteiger charge is -2.06. The van der Waals surface area contributed by atoms with Crippen LogP contribution in [-0.2, 0) is 6.61 Å². The molecule has 0 atom stereocenters. The number of Topliss-reactive ketones (excluding diaryl/α,β-unsaturated/α-hetero) is 1. The second-order valence-electron chi connectivity index (χ2n) is 7.10. The number of rotatable bonds is 8. The lowest BCUT2D eigenvalue weighted by Crippen LogP contribution is -2.15. The van der Waals surface area contributed by atoms with Gasteiger partial charge in [-0.25, -0.2) is 0 Å². The maximum Gasteiger partial charge on any atom is 0.213 e. The van der Waals surface area contributed by atoms with Crippen LogP contribution in [0.5, 0.6) is 5.75 Å². The van der Waals surface area contributed by atoms with Gasteiger partial charge in [-0.05, 0) is 23.3 Å². The van der Waals surface area contributed by atoms with Crippen molar-refractivity contribution >= 4 is 17.7 Å². The van der Waals surface area contributed by atoms with Crippen molar-refractivity contribution in [3.8, 4) is 5.75 Å². The molecule has 0 amide bonds. The zero-order chi connectivity index (χ0) is 22.0. The Balaban J connectivity index is 1.53. The van der Waals surface area contributed by atoms with Gasteiger partial charge in [-0.1, -0.05) is 103 Å². The maximum atomic E-state index is 13.0. The maximum absolute atomic E-state index is 13.0. The summed E-state index contributed by atoms with van der Waals surface area (Å²) in [6, 6.07) is 36.1. The number of carbonyl (C=O) groups excluding carboxylic acids is 1. The number of carbonyl (C=O) groups is 1. The Kier molecular flexibility index (Phi) is 6.96. The van der Waals surface area contributed by atoms with Crippen LogP contribution in [-0.4, -0.2) is 17.7 Å². The van der Waals surface area contributed by atoms with Crippen LogP contribution in [0.4, 0.5) is 0 Å². The van der Waals surface area contributed by atoms with Crippen molar-refractivity contribution in [2.45, 2.75) is 6.61 Å². The van der Waals surface area contributed by atoms with E-state index in [9.17, 15) is 4.79 Å². The molecule has 0 unspecified atom stereocenters. The molecule has 0 fully saturated rings. The summed E-state index contributed by atoms with van der Waals surface area (Å²) in [4.78, 5) is 13.0. The minimum Gasteiger partial charge on any atom is -0.489 e. The molecular weight excluding hydrogens is 396 g/mol. The molecule has 4 heteroatoms. The second-order valence-corrected chi connectivity index (χ2v) is 7.10. The summed E-state index contributed by atoms with van der Waals surface area (Å²) in [5, 5.41) is 8.50. The van der Waals surface area contributed by atoms with Gasteiger partial charge >= 0.3 is 0 Å². The summed E-state index contributed by atoms with van der Waals surface area (Å²) in [6.07, 6.45) is 1.62. The Morgan fingerprint density at radius 2 is 1.34 bits per heavy atom. The molecule has 4 aromatic carbocycles. The van der Waals surface area contributed by atoms with Crippen LogP contribution in [0.2, 0.25) is 0 Å². The van der Waals surface area contributed by atoms with Crippen LogP contribution >= 0.6 is 0 Å². The predicted molar refractivity (Wildman–Crippen MR) is 129 cm³/mol. The predicted octanol–water partition coefficient (Wildman–Crippen LogP) is 5.97. The highest BCUT2D eigenvalue weighted by Gasteiger charge is 2.16. The zero-order valence-electron chi connectivity index (χ0n) is 17.5. The third-order valence-corrected chi connectivity index (χ3v) is 4.77. The molecular formula is C28H22N2O2. The number of benzene rings is 4. The number of ketones is 1. The smallest absolute Gasteiger partial charge is 0.213 e. The summed E-state index contributed by atoms with van der Waals surface area (Å²) in [5.41, 5.74) is 3.52. The number of hydrogen-bond donors (Lipinski definition) is 0. The molecule has 0 saturated heterocycles. The molecule has 0 aliphatic rings. The van der Waals surface area contributed by atoms with Crippen LogP contribution in [0, 0.1) is 0 Å². The molecule has 0 aliphatic carbocycles. The normalized spacial score (nSPS) is 11.4. The van der Waals surface area contributed by atoms with Crippen LogP contribution in [0.3, 0.4) is 0 Å². The van der Waals surface area contributed by atoms with E-state index in [1.807, 2.05) is 103 Å². The topological polar surface area (TPSA) is 51.0 Å². The first-order valence-corrected chi connectivity index (χ1v) is 10.3.